The van der Waals surface area contributed by atoms with Gasteiger partial charge in [-0.2, -0.15) is 5.10 Å². The molecule has 0 spiro atoms. The SMILES string of the molecule is CN(C)C(=O)c1ccn(-c2ccc(S(N)(=O)=O)cc2N)n1. The minimum absolute atomic E-state index is 0.0829. The lowest BCUT2D eigenvalue weighted by Crippen LogP contribution is -2.22. The smallest absolute Gasteiger partial charge is 0.273 e. The summed E-state index contributed by atoms with van der Waals surface area (Å²) in [4.78, 5) is 13.1. The summed E-state index contributed by atoms with van der Waals surface area (Å²) in [7, 11) is -0.571. The molecule has 9 heteroatoms. The van der Waals surface area contributed by atoms with E-state index in [-0.39, 0.29) is 22.2 Å². The molecule has 2 rings (SSSR count). The van der Waals surface area contributed by atoms with Crippen molar-refractivity contribution in [1.29, 1.82) is 0 Å². The number of rotatable bonds is 3. The molecule has 0 bridgehead atoms. The first-order valence-corrected chi connectivity index (χ1v) is 7.45. The van der Waals surface area contributed by atoms with E-state index in [0.717, 1.165) is 0 Å². The predicted octanol–water partition coefficient (Wildman–Crippen LogP) is -0.196. The van der Waals surface area contributed by atoms with E-state index in [1.807, 2.05) is 0 Å². The second kappa shape index (κ2) is 5.19. The monoisotopic (exact) mass is 309 g/mol. The lowest BCUT2D eigenvalue weighted by molar-refractivity contribution is 0.0821. The van der Waals surface area contributed by atoms with Gasteiger partial charge in [-0.15, -0.1) is 0 Å². The minimum Gasteiger partial charge on any atom is -0.397 e. The number of amides is 1. The molecule has 1 heterocycles. The Balaban J connectivity index is 2.42. The van der Waals surface area contributed by atoms with Gasteiger partial charge in [-0.3, -0.25) is 4.79 Å². The Morgan fingerprint density at radius 3 is 2.48 bits per heavy atom. The Hall–Kier alpha value is -2.39. The molecule has 0 saturated carbocycles. The van der Waals surface area contributed by atoms with Gasteiger partial charge in [0.05, 0.1) is 16.3 Å². The summed E-state index contributed by atoms with van der Waals surface area (Å²) >= 11 is 0. The second-order valence-electron chi connectivity index (χ2n) is 4.61. The number of sulfonamides is 1. The van der Waals surface area contributed by atoms with Crippen LogP contribution in [0.15, 0.2) is 35.4 Å². The third-order valence-electron chi connectivity index (χ3n) is 2.79. The van der Waals surface area contributed by atoms with E-state index < -0.39 is 10.0 Å². The van der Waals surface area contributed by atoms with Crippen molar-refractivity contribution in [3.63, 3.8) is 0 Å². The van der Waals surface area contributed by atoms with Crippen LogP contribution in [0.5, 0.6) is 0 Å². The van der Waals surface area contributed by atoms with Crippen molar-refractivity contribution in [3.8, 4) is 5.69 Å². The lowest BCUT2D eigenvalue weighted by Gasteiger charge is -2.08. The zero-order valence-electron chi connectivity index (χ0n) is 11.5. The Morgan fingerprint density at radius 2 is 1.95 bits per heavy atom. The molecular weight excluding hydrogens is 294 g/mol. The van der Waals surface area contributed by atoms with Gasteiger partial charge in [0.25, 0.3) is 5.91 Å². The van der Waals surface area contributed by atoms with E-state index in [1.165, 1.54) is 27.8 Å². The fourth-order valence-electron chi connectivity index (χ4n) is 1.72. The fraction of sp³-hybridized carbons (Fsp3) is 0.167. The van der Waals surface area contributed by atoms with Crippen LogP contribution in [0, 0.1) is 0 Å². The van der Waals surface area contributed by atoms with Gasteiger partial charge in [0.15, 0.2) is 5.69 Å². The minimum atomic E-state index is -3.81. The summed E-state index contributed by atoms with van der Waals surface area (Å²) in [5, 5.41) is 9.15. The number of anilines is 1. The van der Waals surface area contributed by atoms with Gasteiger partial charge < -0.3 is 10.6 Å². The molecule has 1 aromatic heterocycles. The molecule has 1 amide bonds. The third kappa shape index (κ3) is 3.03. The second-order valence-corrected chi connectivity index (χ2v) is 6.17. The van der Waals surface area contributed by atoms with Crippen molar-refractivity contribution in [2.45, 2.75) is 4.90 Å². The quantitative estimate of drug-likeness (QED) is 0.760. The van der Waals surface area contributed by atoms with E-state index in [4.69, 9.17) is 10.9 Å². The van der Waals surface area contributed by atoms with Crippen LogP contribution in [0.4, 0.5) is 5.69 Å². The number of nitrogens with two attached hydrogens (primary N) is 2. The Labute approximate surface area is 122 Å². The maximum Gasteiger partial charge on any atom is 0.273 e. The van der Waals surface area contributed by atoms with E-state index in [9.17, 15) is 13.2 Å². The molecule has 0 aliphatic carbocycles. The van der Waals surface area contributed by atoms with Crippen LogP contribution in [0.1, 0.15) is 10.5 Å². The zero-order chi connectivity index (χ0) is 15.8. The van der Waals surface area contributed by atoms with Gasteiger partial charge >= 0.3 is 0 Å². The third-order valence-corrected chi connectivity index (χ3v) is 3.70. The van der Waals surface area contributed by atoms with Crippen LogP contribution < -0.4 is 10.9 Å². The molecule has 0 aliphatic rings. The number of carbonyl (C=O) groups is 1. The first-order chi connectivity index (χ1) is 9.70. The van der Waals surface area contributed by atoms with Gasteiger partial charge in [-0.05, 0) is 24.3 Å². The molecule has 4 N–H and O–H groups in total. The topological polar surface area (TPSA) is 124 Å². The highest BCUT2D eigenvalue weighted by atomic mass is 32.2. The summed E-state index contributed by atoms with van der Waals surface area (Å²) in [6, 6.07) is 5.61. The first-order valence-electron chi connectivity index (χ1n) is 5.90. The Kier molecular flexibility index (Phi) is 3.71. The Morgan fingerprint density at radius 1 is 1.29 bits per heavy atom. The van der Waals surface area contributed by atoms with E-state index in [0.29, 0.717) is 5.69 Å². The van der Waals surface area contributed by atoms with E-state index in [2.05, 4.69) is 5.10 Å². The number of hydrogen-bond donors (Lipinski definition) is 2. The average Bonchev–Trinajstić information content (AvgIpc) is 2.85. The largest absolute Gasteiger partial charge is 0.397 e. The average molecular weight is 309 g/mol. The molecule has 0 aliphatic heterocycles. The van der Waals surface area contributed by atoms with Gasteiger partial charge in [0.1, 0.15) is 0 Å². The van der Waals surface area contributed by atoms with Crippen LogP contribution in [-0.2, 0) is 10.0 Å². The first kappa shape index (κ1) is 15.0. The van der Waals surface area contributed by atoms with Crippen LogP contribution >= 0.6 is 0 Å². The summed E-state index contributed by atoms with van der Waals surface area (Å²) in [5.41, 5.74) is 6.73. The van der Waals surface area contributed by atoms with Crippen LogP contribution in [0.25, 0.3) is 5.69 Å². The number of aromatic nitrogens is 2. The molecule has 0 saturated heterocycles. The standard InChI is InChI=1S/C12H15N5O3S/c1-16(2)12(18)10-5-6-17(15-10)11-4-3-8(7-9(11)13)21(14,19)20/h3-7H,13H2,1-2H3,(H2,14,19,20). The molecular formula is C12H15N5O3S. The zero-order valence-corrected chi connectivity index (χ0v) is 12.3. The van der Waals surface area contributed by atoms with Gasteiger partial charge in [-0.25, -0.2) is 18.2 Å². The summed E-state index contributed by atoms with van der Waals surface area (Å²) in [5.74, 6) is -0.242. The highest BCUT2D eigenvalue weighted by molar-refractivity contribution is 7.89. The fourth-order valence-corrected chi connectivity index (χ4v) is 2.27. The molecule has 8 nitrogen and oxygen atoms in total. The molecule has 0 fully saturated rings. The van der Waals surface area contributed by atoms with Crippen molar-refractivity contribution in [2.75, 3.05) is 19.8 Å². The molecule has 0 unspecified atom stereocenters. The molecule has 2 aromatic rings. The van der Waals surface area contributed by atoms with E-state index >= 15 is 0 Å². The number of primary sulfonamides is 1. The molecule has 112 valence electrons. The van der Waals surface area contributed by atoms with Crippen molar-refractivity contribution in [2.24, 2.45) is 5.14 Å². The molecule has 0 atom stereocenters. The molecule has 1 aromatic carbocycles. The highest BCUT2D eigenvalue weighted by Gasteiger charge is 2.14. The maximum atomic E-state index is 11.8. The summed E-state index contributed by atoms with van der Waals surface area (Å²) in [6.45, 7) is 0. The van der Waals surface area contributed by atoms with Gasteiger partial charge in [0.2, 0.25) is 10.0 Å². The van der Waals surface area contributed by atoms with E-state index in [1.54, 1.807) is 26.4 Å². The van der Waals surface area contributed by atoms with Crippen molar-refractivity contribution in [1.82, 2.24) is 14.7 Å². The van der Waals surface area contributed by atoms with Crippen molar-refractivity contribution in [3.05, 3.63) is 36.2 Å². The Bertz CT molecular complexity index is 795. The van der Waals surface area contributed by atoms with Crippen molar-refractivity contribution >= 4 is 21.6 Å². The highest BCUT2D eigenvalue weighted by Crippen LogP contribution is 2.20. The van der Waals surface area contributed by atoms with Crippen LogP contribution in [0.3, 0.4) is 0 Å². The number of benzene rings is 1. The number of nitrogen functional groups attached to an aromatic ring is 1. The normalized spacial score (nSPS) is 11.4. The van der Waals surface area contributed by atoms with Gasteiger partial charge in [0, 0.05) is 20.3 Å². The van der Waals surface area contributed by atoms with Crippen LogP contribution in [0.2, 0.25) is 0 Å². The molecule has 21 heavy (non-hydrogen) atoms. The summed E-state index contributed by atoms with van der Waals surface area (Å²) < 4.78 is 23.9. The lowest BCUT2D eigenvalue weighted by atomic mass is 10.3. The predicted molar refractivity (Wildman–Crippen MR) is 77.4 cm³/mol. The van der Waals surface area contributed by atoms with Gasteiger partial charge in [-0.1, -0.05) is 0 Å². The number of hydrogen-bond acceptors (Lipinski definition) is 5. The molecule has 0 radical (unpaired) electrons. The maximum absolute atomic E-state index is 11.8. The van der Waals surface area contributed by atoms with Crippen molar-refractivity contribution < 1.29 is 13.2 Å². The number of carbonyl (C=O) groups excluding carboxylic acids is 1. The van der Waals surface area contributed by atoms with Crippen LogP contribution in [-0.4, -0.2) is 43.1 Å². The summed E-state index contributed by atoms with van der Waals surface area (Å²) in [6.07, 6.45) is 1.57. The number of nitrogens with zero attached hydrogens (tertiary/aromatic N) is 3.